The van der Waals surface area contributed by atoms with Crippen LogP contribution in [0.3, 0.4) is 0 Å². The molecular formula is C14H17Br2NO. The maximum atomic E-state index is 5.71. The summed E-state index contributed by atoms with van der Waals surface area (Å²) in [6, 6.07) is 4.70. The monoisotopic (exact) mass is 373 g/mol. The van der Waals surface area contributed by atoms with Gasteiger partial charge in [0.1, 0.15) is 5.75 Å². The number of nitrogens with one attached hydrogen (secondary N) is 1. The Hall–Kier alpha value is -0.320. The molecule has 1 N–H and O–H groups in total. The molecule has 2 nitrogen and oxygen atoms in total. The van der Waals surface area contributed by atoms with Gasteiger partial charge in [-0.1, -0.05) is 28.1 Å². The first kappa shape index (κ1) is 14.1. The zero-order chi connectivity index (χ0) is 13.0. The molecule has 0 heterocycles. The van der Waals surface area contributed by atoms with Crippen molar-refractivity contribution in [2.24, 2.45) is 0 Å². The van der Waals surface area contributed by atoms with Crippen LogP contribution in [0.1, 0.15) is 25.3 Å². The van der Waals surface area contributed by atoms with Crippen molar-refractivity contribution in [3.05, 3.63) is 38.8 Å². The largest absolute Gasteiger partial charge is 0.492 e. The van der Waals surface area contributed by atoms with Crippen LogP contribution >= 0.6 is 31.9 Å². The van der Waals surface area contributed by atoms with Crippen LogP contribution in [0.4, 0.5) is 0 Å². The average molecular weight is 375 g/mol. The maximum Gasteiger partial charge on any atom is 0.138 e. The SMILES string of the molecule is CCOc1c(Br)cc(Br)cc1CNC1CC=CC1. The van der Waals surface area contributed by atoms with Crippen molar-refractivity contribution >= 4 is 31.9 Å². The summed E-state index contributed by atoms with van der Waals surface area (Å²) in [4.78, 5) is 0. The second-order valence-corrected chi connectivity index (χ2v) is 6.10. The Kier molecular flexibility index (Phi) is 5.27. The molecule has 1 aromatic carbocycles. The van der Waals surface area contributed by atoms with Gasteiger partial charge in [-0.3, -0.25) is 0 Å². The average Bonchev–Trinajstić information content (AvgIpc) is 2.83. The van der Waals surface area contributed by atoms with E-state index < -0.39 is 0 Å². The van der Waals surface area contributed by atoms with Gasteiger partial charge in [-0.25, -0.2) is 0 Å². The van der Waals surface area contributed by atoms with Crippen molar-refractivity contribution in [1.29, 1.82) is 0 Å². The van der Waals surface area contributed by atoms with Gasteiger partial charge in [-0.15, -0.1) is 0 Å². The number of ether oxygens (including phenoxy) is 1. The van der Waals surface area contributed by atoms with Crippen LogP contribution in [0.25, 0.3) is 0 Å². The van der Waals surface area contributed by atoms with Crippen molar-refractivity contribution in [3.63, 3.8) is 0 Å². The lowest BCUT2D eigenvalue weighted by Gasteiger charge is -2.16. The normalized spacial score (nSPS) is 15.3. The number of hydrogen-bond acceptors (Lipinski definition) is 2. The standard InChI is InChI=1S/C14H17Br2NO/c1-2-18-14-10(7-11(15)8-13(14)16)9-17-12-5-3-4-6-12/h3-4,7-8,12,17H,2,5-6,9H2,1H3. The first-order valence-electron chi connectivity index (χ1n) is 6.19. The molecule has 0 spiro atoms. The van der Waals surface area contributed by atoms with Gasteiger partial charge in [0.15, 0.2) is 0 Å². The Labute approximate surface area is 125 Å². The molecule has 0 unspecified atom stereocenters. The predicted octanol–water partition coefficient (Wildman–Crippen LogP) is 4.42. The molecule has 0 aromatic heterocycles. The van der Waals surface area contributed by atoms with Gasteiger partial charge in [-0.2, -0.15) is 0 Å². The Morgan fingerprint density at radius 3 is 2.67 bits per heavy atom. The van der Waals surface area contributed by atoms with Gasteiger partial charge in [0.2, 0.25) is 0 Å². The van der Waals surface area contributed by atoms with E-state index in [2.05, 4.69) is 55.4 Å². The summed E-state index contributed by atoms with van der Waals surface area (Å²) < 4.78 is 7.78. The van der Waals surface area contributed by atoms with Crippen LogP contribution in [-0.4, -0.2) is 12.6 Å². The van der Waals surface area contributed by atoms with E-state index >= 15 is 0 Å². The number of benzene rings is 1. The summed E-state index contributed by atoms with van der Waals surface area (Å²) in [6.45, 7) is 3.52. The van der Waals surface area contributed by atoms with Crippen molar-refractivity contribution in [3.8, 4) is 5.75 Å². The van der Waals surface area contributed by atoms with E-state index in [9.17, 15) is 0 Å². The molecule has 1 aliphatic carbocycles. The molecular weight excluding hydrogens is 358 g/mol. The van der Waals surface area contributed by atoms with E-state index in [-0.39, 0.29) is 0 Å². The molecule has 0 fully saturated rings. The third kappa shape index (κ3) is 3.59. The van der Waals surface area contributed by atoms with E-state index in [0.29, 0.717) is 12.6 Å². The quantitative estimate of drug-likeness (QED) is 0.770. The second kappa shape index (κ2) is 6.73. The van der Waals surface area contributed by atoms with Crippen molar-refractivity contribution in [1.82, 2.24) is 5.32 Å². The molecule has 0 radical (unpaired) electrons. The molecule has 0 atom stereocenters. The summed E-state index contributed by atoms with van der Waals surface area (Å²) in [7, 11) is 0. The topological polar surface area (TPSA) is 21.3 Å². The van der Waals surface area contributed by atoms with Crippen molar-refractivity contribution in [2.45, 2.75) is 32.4 Å². The highest BCUT2D eigenvalue weighted by molar-refractivity contribution is 9.11. The fraction of sp³-hybridized carbons (Fsp3) is 0.429. The van der Waals surface area contributed by atoms with E-state index in [1.807, 2.05) is 13.0 Å². The molecule has 18 heavy (non-hydrogen) atoms. The van der Waals surface area contributed by atoms with Gasteiger partial charge in [0.25, 0.3) is 0 Å². The molecule has 2 rings (SSSR count). The summed E-state index contributed by atoms with van der Waals surface area (Å²) in [5, 5.41) is 3.57. The zero-order valence-electron chi connectivity index (χ0n) is 10.4. The number of rotatable bonds is 5. The number of halogens is 2. The van der Waals surface area contributed by atoms with Crippen LogP contribution in [-0.2, 0) is 6.54 Å². The summed E-state index contributed by atoms with van der Waals surface area (Å²) in [5.74, 6) is 0.944. The minimum absolute atomic E-state index is 0.567. The van der Waals surface area contributed by atoms with Gasteiger partial charge in [0.05, 0.1) is 11.1 Å². The summed E-state index contributed by atoms with van der Waals surface area (Å²) >= 11 is 7.08. The molecule has 0 saturated heterocycles. The third-order valence-electron chi connectivity index (χ3n) is 2.96. The first-order chi connectivity index (χ1) is 8.70. The van der Waals surface area contributed by atoms with Crippen LogP contribution in [0, 0.1) is 0 Å². The molecule has 0 bridgehead atoms. The Morgan fingerprint density at radius 1 is 1.28 bits per heavy atom. The lowest BCUT2D eigenvalue weighted by Crippen LogP contribution is -2.26. The van der Waals surface area contributed by atoms with Gasteiger partial charge in [0, 0.05) is 22.6 Å². The molecule has 1 aliphatic rings. The fourth-order valence-electron chi connectivity index (χ4n) is 2.09. The van der Waals surface area contributed by atoms with E-state index in [4.69, 9.17) is 4.74 Å². The van der Waals surface area contributed by atoms with Crippen molar-refractivity contribution in [2.75, 3.05) is 6.61 Å². The van der Waals surface area contributed by atoms with Crippen LogP contribution in [0.15, 0.2) is 33.2 Å². The predicted molar refractivity (Wildman–Crippen MR) is 82.0 cm³/mol. The highest BCUT2D eigenvalue weighted by atomic mass is 79.9. The van der Waals surface area contributed by atoms with Crippen LogP contribution < -0.4 is 10.1 Å². The first-order valence-corrected chi connectivity index (χ1v) is 7.78. The van der Waals surface area contributed by atoms with Gasteiger partial charge < -0.3 is 10.1 Å². The third-order valence-corrected chi connectivity index (χ3v) is 4.01. The lowest BCUT2D eigenvalue weighted by atomic mass is 10.1. The Balaban J connectivity index is 2.09. The van der Waals surface area contributed by atoms with Gasteiger partial charge in [-0.05, 0) is 47.8 Å². The molecule has 0 amide bonds. The van der Waals surface area contributed by atoms with E-state index in [0.717, 1.165) is 34.1 Å². The highest BCUT2D eigenvalue weighted by Crippen LogP contribution is 2.33. The molecule has 1 aromatic rings. The van der Waals surface area contributed by atoms with E-state index in [1.165, 1.54) is 5.56 Å². The molecule has 0 aliphatic heterocycles. The molecule has 0 saturated carbocycles. The Bertz CT molecular complexity index is 438. The molecule has 98 valence electrons. The van der Waals surface area contributed by atoms with Gasteiger partial charge >= 0.3 is 0 Å². The van der Waals surface area contributed by atoms with Crippen LogP contribution in [0.2, 0.25) is 0 Å². The highest BCUT2D eigenvalue weighted by Gasteiger charge is 2.13. The second-order valence-electron chi connectivity index (χ2n) is 4.33. The minimum Gasteiger partial charge on any atom is -0.492 e. The summed E-state index contributed by atoms with van der Waals surface area (Å²) in [6.07, 6.45) is 6.72. The smallest absolute Gasteiger partial charge is 0.138 e. The minimum atomic E-state index is 0.567. The fourth-order valence-corrected chi connectivity index (χ4v) is 3.52. The van der Waals surface area contributed by atoms with Crippen LogP contribution in [0.5, 0.6) is 5.75 Å². The molecule has 4 heteroatoms. The van der Waals surface area contributed by atoms with Crippen molar-refractivity contribution < 1.29 is 4.74 Å². The number of hydrogen-bond donors (Lipinski definition) is 1. The lowest BCUT2D eigenvalue weighted by molar-refractivity contribution is 0.332. The zero-order valence-corrected chi connectivity index (χ0v) is 13.6. The Morgan fingerprint density at radius 2 is 2.00 bits per heavy atom. The van der Waals surface area contributed by atoms with E-state index in [1.54, 1.807) is 0 Å². The maximum absolute atomic E-state index is 5.71. The summed E-state index contributed by atoms with van der Waals surface area (Å²) in [5.41, 5.74) is 1.19.